The Bertz CT molecular complexity index is 426. The van der Waals surface area contributed by atoms with Crippen LogP contribution in [-0.2, 0) is 0 Å². The Morgan fingerprint density at radius 1 is 1.36 bits per heavy atom. The van der Waals surface area contributed by atoms with Gasteiger partial charge < -0.3 is 10.5 Å². The highest BCUT2D eigenvalue weighted by molar-refractivity contribution is 7.09. The molecule has 2 heterocycles. The number of nitrogen functional groups attached to an aromatic ring is 1. The number of rotatable bonds is 2. The molecule has 0 spiro atoms. The maximum absolute atomic E-state index is 5.44. The van der Waals surface area contributed by atoms with Crippen molar-refractivity contribution in [3.63, 3.8) is 0 Å². The summed E-state index contributed by atoms with van der Waals surface area (Å²) in [6, 6.07) is 3.42. The third kappa shape index (κ3) is 1.62. The molecule has 0 saturated carbocycles. The number of anilines is 1. The van der Waals surface area contributed by atoms with Crippen LogP contribution in [0.4, 0.5) is 5.13 Å². The molecule has 7 heteroatoms. The molecular formula is C7H7N5OS. The lowest BCUT2D eigenvalue weighted by molar-refractivity contribution is 0.392. The molecule has 0 bridgehead atoms. The van der Waals surface area contributed by atoms with Crippen LogP contribution in [0.3, 0.4) is 0 Å². The third-order valence-corrected chi connectivity index (χ3v) is 2.06. The summed E-state index contributed by atoms with van der Waals surface area (Å²) in [5.74, 6) is 0.944. The quantitative estimate of drug-likeness (QED) is 0.778. The number of hydrogen-bond acceptors (Lipinski definition) is 7. The first kappa shape index (κ1) is 8.82. The van der Waals surface area contributed by atoms with Gasteiger partial charge in [-0.05, 0) is 6.07 Å². The highest BCUT2D eigenvalue weighted by Gasteiger charge is 2.06. The van der Waals surface area contributed by atoms with Gasteiger partial charge in [-0.2, -0.15) is 9.36 Å². The number of aromatic nitrogens is 4. The van der Waals surface area contributed by atoms with Crippen LogP contribution < -0.4 is 10.5 Å². The predicted molar refractivity (Wildman–Crippen MR) is 51.9 cm³/mol. The van der Waals surface area contributed by atoms with Crippen LogP contribution >= 0.6 is 11.5 Å². The van der Waals surface area contributed by atoms with E-state index in [9.17, 15) is 0 Å². The molecule has 2 aromatic rings. The third-order valence-electron chi connectivity index (χ3n) is 1.52. The van der Waals surface area contributed by atoms with Crippen molar-refractivity contribution in [3.05, 3.63) is 12.1 Å². The van der Waals surface area contributed by atoms with Gasteiger partial charge in [-0.25, -0.2) is 0 Å². The molecule has 0 aliphatic heterocycles. The minimum Gasteiger partial charge on any atom is -0.480 e. The first-order valence-corrected chi connectivity index (χ1v) is 4.54. The first-order valence-electron chi connectivity index (χ1n) is 3.77. The van der Waals surface area contributed by atoms with E-state index in [0.29, 0.717) is 22.5 Å². The molecule has 72 valence electrons. The van der Waals surface area contributed by atoms with E-state index in [1.807, 2.05) is 0 Å². The Morgan fingerprint density at radius 3 is 2.71 bits per heavy atom. The Morgan fingerprint density at radius 2 is 2.21 bits per heavy atom. The van der Waals surface area contributed by atoms with E-state index in [2.05, 4.69) is 19.6 Å². The fourth-order valence-corrected chi connectivity index (χ4v) is 1.33. The fraction of sp³-hybridized carbons (Fsp3) is 0.143. The average Bonchev–Trinajstić information content (AvgIpc) is 2.65. The number of nitrogens with zero attached hydrogens (tertiary/aromatic N) is 4. The van der Waals surface area contributed by atoms with Crippen molar-refractivity contribution in [1.82, 2.24) is 19.6 Å². The van der Waals surface area contributed by atoms with E-state index in [-0.39, 0.29) is 0 Å². The second-order valence-corrected chi connectivity index (χ2v) is 3.20. The molecule has 6 nitrogen and oxygen atoms in total. The second-order valence-electron chi connectivity index (χ2n) is 2.42. The molecule has 0 fully saturated rings. The zero-order valence-electron chi connectivity index (χ0n) is 7.34. The molecule has 0 saturated heterocycles. The smallest absolute Gasteiger partial charge is 0.233 e. The molecule has 0 atom stereocenters. The van der Waals surface area contributed by atoms with Crippen molar-refractivity contribution in [2.75, 3.05) is 12.8 Å². The van der Waals surface area contributed by atoms with Gasteiger partial charge in [0.25, 0.3) is 0 Å². The van der Waals surface area contributed by atoms with E-state index in [1.54, 1.807) is 12.1 Å². The summed E-state index contributed by atoms with van der Waals surface area (Å²) in [5, 5.41) is 8.09. The zero-order chi connectivity index (χ0) is 9.97. The molecular weight excluding hydrogens is 202 g/mol. The van der Waals surface area contributed by atoms with Crippen LogP contribution in [0.15, 0.2) is 12.1 Å². The lowest BCUT2D eigenvalue weighted by Gasteiger charge is -1.96. The van der Waals surface area contributed by atoms with Crippen molar-refractivity contribution < 1.29 is 4.74 Å². The van der Waals surface area contributed by atoms with E-state index < -0.39 is 0 Å². The molecule has 0 unspecified atom stereocenters. The monoisotopic (exact) mass is 209 g/mol. The van der Waals surface area contributed by atoms with Crippen LogP contribution in [0.5, 0.6) is 5.88 Å². The van der Waals surface area contributed by atoms with Crippen LogP contribution in [-0.4, -0.2) is 26.7 Å². The Kier molecular flexibility index (Phi) is 2.23. The minimum atomic E-state index is 0.414. The number of ether oxygens (including phenoxy) is 1. The van der Waals surface area contributed by atoms with Crippen molar-refractivity contribution in [1.29, 1.82) is 0 Å². The number of nitrogens with two attached hydrogens (primary N) is 1. The minimum absolute atomic E-state index is 0.414. The SMILES string of the molecule is COc1ccc(-c2nsc(N)n2)nn1. The molecule has 14 heavy (non-hydrogen) atoms. The Hall–Kier alpha value is -1.76. The van der Waals surface area contributed by atoms with Crippen LogP contribution in [0.2, 0.25) is 0 Å². The lowest BCUT2D eigenvalue weighted by atomic mass is 10.4. The molecule has 0 aliphatic rings. The lowest BCUT2D eigenvalue weighted by Crippen LogP contribution is -1.93. The van der Waals surface area contributed by atoms with E-state index in [0.717, 1.165) is 11.5 Å². The van der Waals surface area contributed by atoms with Crippen LogP contribution in [0.1, 0.15) is 0 Å². The van der Waals surface area contributed by atoms with Gasteiger partial charge in [0.15, 0.2) is 11.0 Å². The molecule has 0 amide bonds. The van der Waals surface area contributed by atoms with Gasteiger partial charge in [0.1, 0.15) is 5.69 Å². The fourth-order valence-electron chi connectivity index (χ4n) is 0.887. The van der Waals surface area contributed by atoms with Gasteiger partial charge in [-0.15, -0.1) is 10.2 Å². The summed E-state index contributed by atoms with van der Waals surface area (Å²) in [6.07, 6.45) is 0. The Balaban J connectivity index is 2.33. The molecule has 0 aromatic carbocycles. The normalized spacial score (nSPS) is 10.1. The van der Waals surface area contributed by atoms with Crippen LogP contribution in [0, 0.1) is 0 Å². The number of hydrogen-bond donors (Lipinski definition) is 1. The van der Waals surface area contributed by atoms with Crippen LogP contribution in [0.25, 0.3) is 11.5 Å². The molecule has 0 aliphatic carbocycles. The average molecular weight is 209 g/mol. The maximum Gasteiger partial charge on any atom is 0.233 e. The first-order chi connectivity index (χ1) is 6.79. The summed E-state index contributed by atoms with van der Waals surface area (Å²) in [6.45, 7) is 0. The van der Waals surface area contributed by atoms with E-state index in [1.165, 1.54) is 7.11 Å². The van der Waals surface area contributed by atoms with E-state index >= 15 is 0 Å². The van der Waals surface area contributed by atoms with Crippen molar-refractivity contribution in [2.24, 2.45) is 0 Å². The van der Waals surface area contributed by atoms with Crippen molar-refractivity contribution >= 4 is 16.7 Å². The summed E-state index contributed by atoms with van der Waals surface area (Å²) < 4.78 is 8.88. The summed E-state index contributed by atoms with van der Waals surface area (Å²) in [5.41, 5.74) is 6.03. The topological polar surface area (TPSA) is 86.8 Å². The molecule has 2 N–H and O–H groups in total. The van der Waals surface area contributed by atoms with Gasteiger partial charge in [0.2, 0.25) is 5.88 Å². The second kappa shape index (κ2) is 3.54. The molecule has 2 rings (SSSR count). The van der Waals surface area contributed by atoms with Crippen molar-refractivity contribution in [2.45, 2.75) is 0 Å². The molecule has 0 radical (unpaired) electrons. The highest BCUT2D eigenvalue weighted by Crippen LogP contribution is 2.17. The van der Waals surface area contributed by atoms with Gasteiger partial charge in [0, 0.05) is 17.6 Å². The Labute approximate surface area is 83.9 Å². The van der Waals surface area contributed by atoms with Crippen molar-refractivity contribution in [3.8, 4) is 17.4 Å². The zero-order valence-corrected chi connectivity index (χ0v) is 8.15. The highest BCUT2D eigenvalue weighted by atomic mass is 32.1. The summed E-state index contributed by atoms with van der Waals surface area (Å²) in [4.78, 5) is 3.98. The van der Waals surface area contributed by atoms with E-state index in [4.69, 9.17) is 10.5 Å². The predicted octanol–water partition coefficient (Wildman–Crippen LogP) is 0.586. The standard InChI is InChI=1S/C7H7N5OS/c1-13-5-3-2-4(10-11-5)6-9-7(8)14-12-6/h2-3H,1H3,(H2,8,9,12). The summed E-state index contributed by atoms with van der Waals surface area (Å²) >= 11 is 1.13. The largest absolute Gasteiger partial charge is 0.480 e. The number of methoxy groups -OCH3 is 1. The molecule has 2 aromatic heterocycles. The van der Waals surface area contributed by atoms with Gasteiger partial charge in [0.05, 0.1) is 7.11 Å². The van der Waals surface area contributed by atoms with Gasteiger partial charge in [-0.3, -0.25) is 0 Å². The van der Waals surface area contributed by atoms with Gasteiger partial charge >= 0.3 is 0 Å². The maximum atomic E-state index is 5.44. The summed E-state index contributed by atoms with van der Waals surface area (Å²) in [7, 11) is 1.53. The van der Waals surface area contributed by atoms with Gasteiger partial charge in [-0.1, -0.05) is 0 Å².